The fourth-order valence-electron chi connectivity index (χ4n) is 6.32. The van der Waals surface area contributed by atoms with Crippen molar-refractivity contribution in [3.05, 3.63) is 65.0 Å². The van der Waals surface area contributed by atoms with Crippen molar-refractivity contribution in [1.29, 1.82) is 0 Å². The summed E-state index contributed by atoms with van der Waals surface area (Å²) in [5.74, 6) is 1.46. The van der Waals surface area contributed by atoms with Crippen molar-refractivity contribution in [2.45, 2.75) is 36.5 Å². The molecule has 2 aromatic rings. The number of piperidine rings is 1. The summed E-state index contributed by atoms with van der Waals surface area (Å²) in [7, 11) is 3.76. The van der Waals surface area contributed by atoms with E-state index in [2.05, 4.69) is 23.0 Å². The van der Waals surface area contributed by atoms with E-state index in [0.29, 0.717) is 22.6 Å². The molecule has 154 valence electrons. The molecule has 4 aliphatic rings. The van der Waals surface area contributed by atoms with Gasteiger partial charge in [0.25, 0.3) is 0 Å². The maximum Gasteiger partial charge on any atom is 0.195 e. The first-order valence-electron chi connectivity index (χ1n) is 10.5. The summed E-state index contributed by atoms with van der Waals surface area (Å²) in [6, 6.07) is 5.65. The highest BCUT2D eigenvalue weighted by Gasteiger charge is 2.64. The van der Waals surface area contributed by atoms with Gasteiger partial charge in [0.15, 0.2) is 17.3 Å². The highest BCUT2D eigenvalue weighted by Crippen LogP contribution is 2.63. The van der Waals surface area contributed by atoms with Crippen LogP contribution in [0.4, 0.5) is 0 Å². The average Bonchev–Trinajstić information content (AvgIpc) is 3.13. The zero-order valence-corrected chi connectivity index (χ0v) is 17.0. The second kappa shape index (κ2) is 6.15. The number of likely N-dealkylation sites (N-methyl/N-ethyl adjacent to an activating group) is 1. The quantitative estimate of drug-likeness (QED) is 0.624. The Balaban J connectivity index is 1.64. The standard InChI is InChI=1S/C24H24N2O4/c1-26-9-7-24-16-5-6-18(27)23(24)30-22-19(29-2)11-15(14(20(22)24)10-17(16)26)21(28)13-4-3-8-25-12-13/h3-6,8,11-12,16-18,23,27H,7,9-10H2,1-2H3/t16-,17+,18-,23-,24-/m0/s1. The lowest BCUT2D eigenvalue weighted by Gasteiger charge is -2.56. The molecule has 1 aromatic heterocycles. The summed E-state index contributed by atoms with van der Waals surface area (Å²) in [5, 5.41) is 10.8. The molecule has 2 aliphatic carbocycles. The van der Waals surface area contributed by atoms with E-state index in [1.807, 2.05) is 12.1 Å². The van der Waals surface area contributed by atoms with Crippen LogP contribution in [0.3, 0.4) is 0 Å². The number of pyridine rings is 1. The van der Waals surface area contributed by atoms with Crippen molar-refractivity contribution in [2.24, 2.45) is 5.92 Å². The van der Waals surface area contributed by atoms with Crippen molar-refractivity contribution >= 4 is 5.78 Å². The number of aromatic nitrogens is 1. The first-order chi connectivity index (χ1) is 14.6. The number of aliphatic hydroxyl groups excluding tert-OH is 1. The maximum atomic E-state index is 13.5. The smallest absolute Gasteiger partial charge is 0.195 e. The molecular formula is C24H24N2O4. The Morgan fingerprint density at radius 2 is 2.27 bits per heavy atom. The molecule has 1 aromatic carbocycles. The number of carbonyl (C=O) groups is 1. The lowest BCUT2D eigenvalue weighted by atomic mass is 9.53. The minimum Gasteiger partial charge on any atom is -0.493 e. The summed E-state index contributed by atoms with van der Waals surface area (Å²) >= 11 is 0. The van der Waals surface area contributed by atoms with Crippen LogP contribution in [-0.2, 0) is 11.8 Å². The molecule has 2 bridgehead atoms. The molecule has 30 heavy (non-hydrogen) atoms. The van der Waals surface area contributed by atoms with Crippen LogP contribution in [0.15, 0.2) is 42.7 Å². The van der Waals surface area contributed by atoms with E-state index in [-0.39, 0.29) is 29.3 Å². The van der Waals surface area contributed by atoms with Crippen molar-refractivity contribution < 1.29 is 19.4 Å². The van der Waals surface area contributed by atoms with Gasteiger partial charge in [-0.2, -0.15) is 0 Å². The Morgan fingerprint density at radius 3 is 3.03 bits per heavy atom. The van der Waals surface area contributed by atoms with Crippen LogP contribution < -0.4 is 9.47 Å². The SMILES string of the molecule is COc1cc(C(=O)c2cccnc2)c2c3c1O[C@H]1[C@@H](O)C=C[C@H]4[C@@H](C2)N(C)CC[C@@]341. The topological polar surface area (TPSA) is 71.9 Å². The number of aliphatic hydroxyl groups is 1. The van der Waals surface area contributed by atoms with Crippen LogP contribution in [0.1, 0.15) is 33.5 Å². The summed E-state index contributed by atoms with van der Waals surface area (Å²) in [6.45, 7) is 0.934. The first kappa shape index (κ1) is 18.1. The lowest BCUT2D eigenvalue weighted by Crippen LogP contribution is -2.64. The molecule has 6 nitrogen and oxygen atoms in total. The lowest BCUT2D eigenvalue weighted by molar-refractivity contribution is -0.0453. The molecular weight excluding hydrogens is 380 g/mol. The highest BCUT2D eigenvalue weighted by atomic mass is 16.5. The monoisotopic (exact) mass is 404 g/mol. The van der Waals surface area contributed by atoms with Gasteiger partial charge in [-0.1, -0.05) is 12.2 Å². The van der Waals surface area contributed by atoms with E-state index >= 15 is 0 Å². The Bertz CT molecular complexity index is 1080. The minimum absolute atomic E-state index is 0.0508. The third kappa shape index (κ3) is 2.10. The number of rotatable bonds is 3. The summed E-state index contributed by atoms with van der Waals surface area (Å²) in [4.78, 5) is 20.0. The fourth-order valence-corrected chi connectivity index (χ4v) is 6.32. The molecule has 1 saturated heterocycles. The van der Waals surface area contributed by atoms with Gasteiger partial charge in [0.2, 0.25) is 0 Å². The second-order valence-corrected chi connectivity index (χ2v) is 8.86. The van der Waals surface area contributed by atoms with Gasteiger partial charge in [-0.3, -0.25) is 9.78 Å². The van der Waals surface area contributed by atoms with Crippen molar-refractivity contribution in [2.75, 3.05) is 20.7 Å². The number of likely N-dealkylation sites (tertiary alicyclic amines) is 1. The number of methoxy groups -OCH3 is 1. The number of nitrogens with zero attached hydrogens (tertiary/aromatic N) is 2. The Morgan fingerprint density at radius 1 is 1.40 bits per heavy atom. The van der Waals surface area contributed by atoms with Crippen molar-refractivity contribution in [3.63, 3.8) is 0 Å². The number of ether oxygens (including phenoxy) is 2. The summed E-state index contributed by atoms with van der Waals surface area (Å²) in [5.41, 5.74) is 3.01. The van der Waals surface area contributed by atoms with Gasteiger partial charge in [0.1, 0.15) is 12.2 Å². The van der Waals surface area contributed by atoms with Crippen molar-refractivity contribution in [3.8, 4) is 11.5 Å². The van der Waals surface area contributed by atoms with Crippen LogP contribution in [0.5, 0.6) is 11.5 Å². The Labute approximate surface area is 175 Å². The molecule has 5 atom stereocenters. The molecule has 1 fully saturated rings. The van der Waals surface area contributed by atoms with E-state index in [0.717, 1.165) is 30.5 Å². The van der Waals surface area contributed by atoms with Crippen LogP contribution in [-0.4, -0.2) is 59.7 Å². The van der Waals surface area contributed by atoms with Gasteiger partial charge >= 0.3 is 0 Å². The second-order valence-electron chi connectivity index (χ2n) is 8.86. The third-order valence-corrected chi connectivity index (χ3v) is 7.65. The molecule has 1 N–H and O–H groups in total. The first-order valence-corrected chi connectivity index (χ1v) is 10.5. The van der Waals surface area contributed by atoms with Gasteiger partial charge in [-0.05, 0) is 50.2 Å². The molecule has 6 rings (SSSR count). The van der Waals surface area contributed by atoms with Gasteiger partial charge in [0, 0.05) is 46.5 Å². The summed E-state index contributed by atoms with van der Waals surface area (Å²) in [6.07, 6.45) is 7.95. The largest absolute Gasteiger partial charge is 0.493 e. The number of benzene rings is 1. The van der Waals surface area contributed by atoms with Crippen LogP contribution in [0.25, 0.3) is 0 Å². The molecule has 3 heterocycles. The van der Waals surface area contributed by atoms with Crippen LogP contribution in [0.2, 0.25) is 0 Å². The fraction of sp³-hybridized carbons (Fsp3) is 0.417. The van der Waals surface area contributed by atoms with E-state index < -0.39 is 6.10 Å². The van der Waals surface area contributed by atoms with Crippen LogP contribution in [0, 0.1) is 5.92 Å². The molecule has 1 spiro atoms. The Hall–Kier alpha value is -2.70. The maximum absolute atomic E-state index is 13.5. The predicted octanol–water partition coefficient (Wildman–Crippen LogP) is 2.13. The molecule has 2 aliphatic heterocycles. The van der Waals surface area contributed by atoms with E-state index in [1.54, 1.807) is 31.6 Å². The molecule has 0 amide bonds. The molecule has 0 unspecified atom stereocenters. The molecule has 6 heteroatoms. The minimum atomic E-state index is -0.675. The number of hydrogen-bond acceptors (Lipinski definition) is 6. The Kier molecular flexibility index (Phi) is 3.71. The zero-order chi connectivity index (χ0) is 20.6. The van der Waals surface area contributed by atoms with Gasteiger partial charge in [-0.25, -0.2) is 0 Å². The number of carbonyl (C=O) groups excluding carboxylic acids is 1. The molecule has 0 saturated carbocycles. The van der Waals surface area contributed by atoms with Crippen molar-refractivity contribution in [1.82, 2.24) is 9.88 Å². The average molecular weight is 404 g/mol. The highest BCUT2D eigenvalue weighted by molar-refractivity contribution is 6.10. The normalized spacial score (nSPS) is 33.0. The van der Waals surface area contributed by atoms with E-state index in [9.17, 15) is 9.90 Å². The van der Waals surface area contributed by atoms with Gasteiger partial charge < -0.3 is 19.5 Å². The van der Waals surface area contributed by atoms with Crippen LogP contribution >= 0.6 is 0 Å². The van der Waals surface area contributed by atoms with Gasteiger partial charge in [-0.15, -0.1) is 0 Å². The number of ketones is 1. The van der Waals surface area contributed by atoms with E-state index in [4.69, 9.17) is 9.47 Å². The van der Waals surface area contributed by atoms with E-state index in [1.165, 1.54) is 0 Å². The molecule has 0 radical (unpaired) electrons. The third-order valence-electron chi connectivity index (χ3n) is 7.65. The predicted molar refractivity (Wildman–Crippen MR) is 110 cm³/mol. The summed E-state index contributed by atoms with van der Waals surface area (Å²) < 4.78 is 12.1. The van der Waals surface area contributed by atoms with Gasteiger partial charge in [0.05, 0.1) is 7.11 Å². The number of hydrogen-bond donors (Lipinski definition) is 1. The zero-order valence-electron chi connectivity index (χ0n) is 17.0.